The molecule has 3 rings (SSSR count). The lowest BCUT2D eigenvalue weighted by Crippen LogP contribution is -2.43. The molecule has 0 radical (unpaired) electrons. The van der Waals surface area contributed by atoms with E-state index in [9.17, 15) is 9.59 Å². The minimum Gasteiger partial charge on any atom is -0.335 e. The van der Waals surface area contributed by atoms with Crippen LogP contribution in [0.25, 0.3) is 0 Å². The van der Waals surface area contributed by atoms with Crippen LogP contribution < -0.4 is 0 Å². The Morgan fingerprint density at radius 3 is 2.81 bits per heavy atom. The van der Waals surface area contributed by atoms with E-state index in [1.807, 2.05) is 29.2 Å². The molecule has 1 saturated heterocycles. The molecule has 0 aromatic heterocycles. The molecule has 1 aromatic rings. The molecule has 0 spiro atoms. The van der Waals surface area contributed by atoms with Crippen LogP contribution in [0.4, 0.5) is 0 Å². The van der Waals surface area contributed by atoms with E-state index in [1.165, 1.54) is 0 Å². The molecule has 4 heteroatoms. The average Bonchev–Trinajstić information content (AvgIpc) is 2.96. The maximum absolute atomic E-state index is 12.8. The Hall–Kier alpha value is -1.16. The fourth-order valence-corrected chi connectivity index (χ4v) is 4.07. The summed E-state index contributed by atoms with van der Waals surface area (Å²) in [7, 11) is 0. The number of carbonyl (C=O) groups is 2. The van der Waals surface area contributed by atoms with Gasteiger partial charge in [0.15, 0.2) is 0 Å². The summed E-state index contributed by atoms with van der Waals surface area (Å²) in [4.78, 5) is 26.9. The van der Waals surface area contributed by atoms with Crippen LogP contribution in [0.2, 0.25) is 0 Å². The zero-order chi connectivity index (χ0) is 14.8. The number of nitrogens with zero attached hydrogens (tertiary/aromatic N) is 1. The monoisotopic (exact) mass is 349 g/mol. The van der Waals surface area contributed by atoms with E-state index in [0.29, 0.717) is 17.8 Å². The number of hydrogen-bond donors (Lipinski definition) is 0. The molecular formula is C17H20BrNO2. The Kier molecular flexibility index (Phi) is 4.43. The van der Waals surface area contributed by atoms with Crippen molar-refractivity contribution in [2.75, 3.05) is 6.54 Å². The van der Waals surface area contributed by atoms with E-state index in [1.54, 1.807) is 0 Å². The van der Waals surface area contributed by atoms with Gasteiger partial charge in [0.2, 0.25) is 0 Å². The van der Waals surface area contributed by atoms with Crippen molar-refractivity contribution < 1.29 is 9.59 Å². The second-order valence-electron chi connectivity index (χ2n) is 6.04. The summed E-state index contributed by atoms with van der Waals surface area (Å²) in [6, 6.07) is 7.63. The van der Waals surface area contributed by atoms with Gasteiger partial charge in [0.25, 0.3) is 5.91 Å². The van der Waals surface area contributed by atoms with Crippen LogP contribution in [0.15, 0.2) is 28.7 Å². The third-order valence-corrected chi connectivity index (χ3v) is 5.19. The van der Waals surface area contributed by atoms with Gasteiger partial charge in [0.05, 0.1) is 0 Å². The van der Waals surface area contributed by atoms with Crippen molar-refractivity contribution in [3.05, 3.63) is 34.3 Å². The molecular weight excluding hydrogens is 330 g/mol. The smallest absolute Gasteiger partial charge is 0.254 e. The molecule has 112 valence electrons. The topological polar surface area (TPSA) is 37.4 Å². The highest BCUT2D eigenvalue weighted by Crippen LogP contribution is 2.33. The molecule has 21 heavy (non-hydrogen) atoms. The van der Waals surface area contributed by atoms with Crippen molar-refractivity contribution >= 4 is 27.6 Å². The van der Waals surface area contributed by atoms with Gasteiger partial charge in [0.1, 0.15) is 5.78 Å². The number of rotatable bonds is 2. The highest BCUT2D eigenvalue weighted by molar-refractivity contribution is 9.10. The van der Waals surface area contributed by atoms with Crippen LogP contribution in [0.3, 0.4) is 0 Å². The minimum absolute atomic E-state index is 0.0668. The maximum Gasteiger partial charge on any atom is 0.254 e. The van der Waals surface area contributed by atoms with E-state index in [2.05, 4.69) is 15.9 Å². The van der Waals surface area contributed by atoms with Crippen molar-refractivity contribution in [3.8, 4) is 0 Å². The van der Waals surface area contributed by atoms with E-state index in [-0.39, 0.29) is 17.9 Å². The first kappa shape index (κ1) is 14.8. The summed E-state index contributed by atoms with van der Waals surface area (Å²) in [6.07, 6.45) is 5.75. The molecule has 2 fully saturated rings. The van der Waals surface area contributed by atoms with Crippen molar-refractivity contribution in [3.63, 3.8) is 0 Å². The first-order valence-corrected chi connectivity index (χ1v) is 8.55. The third kappa shape index (κ3) is 3.05. The fraction of sp³-hybridized carbons (Fsp3) is 0.529. The van der Waals surface area contributed by atoms with E-state index in [4.69, 9.17) is 0 Å². The molecule has 0 bridgehead atoms. The second-order valence-corrected chi connectivity index (χ2v) is 6.95. The van der Waals surface area contributed by atoms with Gasteiger partial charge in [-0.3, -0.25) is 9.59 Å². The lowest BCUT2D eigenvalue weighted by Gasteiger charge is -2.33. The average molecular weight is 350 g/mol. The predicted octanol–water partition coefficient (Wildman–Crippen LogP) is 3.81. The highest BCUT2D eigenvalue weighted by Gasteiger charge is 2.39. The van der Waals surface area contributed by atoms with Gasteiger partial charge in [-0.25, -0.2) is 0 Å². The second kappa shape index (κ2) is 6.30. The van der Waals surface area contributed by atoms with Gasteiger partial charge in [-0.15, -0.1) is 0 Å². The SMILES string of the molecule is O=C1CCCC[C@@H]1[C@H]1CCCN1C(=O)c1cccc(Br)c1. The molecule has 1 aliphatic heterocycles. The van der Waals surface area contributed by atoms with Gasteiger partial charge >= 0.3 is 0 Å². The molecule has 1 aromatic carbocycles. The lowest BCUT2D eigenvalue weighted by molar-refractivity contribution is -0.126. The number of carbonyl (C=O) groups excluding carboxylic acids is 2. The summed E-state index contributed by atoms with van der Waals surface area (Å²) >= 11 is 3.42. The third-order valence-electron chi connectivity index (χ3n) is 4.70. The predicted molar refractivity (Wildman–Crippen MR) is 85.2 cm³/mol. The Balaban J connectivity index is 1.80. The van der Waals surface area contributed by atoms with Gasteiger partial charge in [-0.05, 0) is 43.9 Å². The normalized spacial score (nSPS) is 26.1. The van der Waals surface area contributed by atoms with Crippen molar-refractivity contribution in [2.24, 2.45) is 5.92 Å². The van der Waals surface area contributed by atoms with Crippen LogP contribution in [-0.2, 0) is 4.79 Å². The number of halogens is 1. The minimum atomic E-state index is 0.0668. The van der Waals surface area contributed by atoms with Crippen molar-refractivity contribution in [1.29, 1.82) is 0 Å². The summed E-state index contributed by atoms with van der Waals surface area (Å²) in [5.41, 5.74) is 0.708. The number of hydrogen-bond acceptors (Lipinski definition) is 2. The highest BCUT2D eigenvalue weighted by atomic mass is 79.9. The molecule has 0 N–H and O–H groups in total. The van der Waals surface area contributed by atoms with Gasteiger partial charge < -0.3 is 4.90 Å². The number of ketones is 1. The quantitative estimate of drug-likeness (QED) is 0.813. The standard InChI is InChI=1S/C17H20BrNO2/c18-13-6-3-5-12(11-13)17(21)19-10-4-8-15(19)14-7-1-2-9-16(14)20/h3,5-6,11,14-15H,1-2,4,7-10H2/t14-,15-/m1/s1. The van der Waals surface area contributed by atoms with Crippen LogP contribution in [0.1, 0.15) is 48.9 Å². The van der Waals surface area contributed by atoms with Gasteiger partial charge in [0, 0.05) is 35.0 Å². The molecule has 0 unspecified atom stereocenters. The summed E-state index contributed by atoms with van der Waals surface area (Å²) in [5, 5.41) is 0. The van der Waals surface area contributed by atoms with E-state index >= 15 is 0 Å². The Morgan fingerprint density at radius 1 is 1.19 bits per heavy atom. The first-order valence-electron chi connectivity index (χ1n) is 7.76. The lowest BCUT2D eigenvalue weighted by atomic mass is 9.81. The van der Waals surface area contributed by atoms with E-state index < -0.39 is 0 Å². The largest absolute Gasteiger partial charge is 0.335 e. The van der Waals surface area contributed by atoms with E-state index in [0.717, 1.165) is 43.1 Å². The molecule has 1 heterocycles. The number of Topliss-reactive ketones (excluding diaryl/α,β-unsaturated/α-hetero) is 1. The Labute approximate surface area is 133 Å². The molecule has 1 saturated carbocycles. The summed E-state index contributed by atoms with van der Waals surface area (Å²) in [6.45, 7) is 0.778. The first-order chi connectivity index (χ1) is 10.2. The number of amides is 1. The van der Waals surface area contributed by atoms with Crippen molar-refractivity contribution in [2.45, 2.75) is 44.6 Å². The summed E-state index contributed by atoms with van der Waals surface area (Å²) in [5.74, 6) is 0.495. The fourth-order valence-electron chi connectivity index (χ4n) is 3.67. The zero-order valence-electron chi connectivity index (χ0n) is 12.1. The Bertz CT molecular complexity index is 557. The Morgan fingerprint density at radius 2 is 2.05 bits per heavy atom. The van der Waals surface area contributed by atoms with Crippen molar-refractivity contribution in [1.82, 2.24) is 4.90 Å². The number of likely N-dealkylation sites (tertiary alicyclic amines) is 1. The van der Waals surface area contributed by atoms with Gasteiger partial charge in [-0.2, -0.15) is 0 Å². The zero-order valence-corrected chi connectivity index (χ0v) is 13.6. The number of benzene rings is 1. The maximum atomic E-state index is 12.8. The molecule has 1 aliphatic carbocycles. The van der Waals surface area contributed by atoms with Crippen LogP contribution >= 0.6 is 15.9 Å². The van der Waals surface area contributed by atoms with Crippen LogP contribution in [0.5, 0.6) is 0 Å². The molecule has 3 nitrogen and oxygen atoms in total. The molecule has 2 atom stereocenters. The molecule has 1 amide bonds. The summed E-state index contributed by atoms with van der Waals surface area (Å²) < 4.78 is 0.915. The van der Waals surface area contributed by atoms with Crippen LogP contribution in [-0.4, -0.2) is 29.2 Å². The van der Waals surface area contributed by atoms with Gasteiger partial charge in [-0.1, -0.05) is 28.4 Å². The van der Waals surface area contributed by atoms with Crippen LogP contribution in [0, 0.1) is 5.92 Å². The molecule has 2 aliphatic rings.